The van der Waals surface area contributed by atoms with Gasteiger partial charge in [-0.15, -0.1) is 0 Å². The van der Waals surface area contributed by atoms with Crippen molar-refractivity contribution in [3.8, 4) is 5.75 Å². The van der Waals surface area contributed by atoms with E-state index < -0.39 is 5.97 Å². The van der Waals surface area contributed by atoms with E-state index in [4.69, 9.17) is 9.47 Å². The van der Waals surface area contributed by atoms with Crippen LogP contribution in [0.4, 0.5) is 0 Å². The number of carbonyl (C=O) groups excluding carboxylic acids is 2. The molecule has 0 aliphatic heterocycles. The molecule has 0 saturated carbocycles. The first-order chi connectivity index (χ1) is 12.1. The number of amides is 1. The number of hydrogen-bond acceptors (Lipinski definition) is 4. The summed E-state index contributed by atoms with van der Waals surface area (Å²) in [5.41, 5.74) is 0.910. The fourth-order valence-corrected chi connectivity index (χ4v) is 2.27. The van der Waals surface area contributed by atoms with Crippen molar-refractivity contribution in [1.29, 1.82) is 0 Å². The average molecular weight is 406 g/mol. The Morgan fingerprint density at radius 1 is 1.00 bits per heavy atom. The number of nitrogens with one attached hydrogen (secondary N) is 1. The summed E-state index contributed by atoms with van der Waals surface area (Å²) in [6, 6.07) is 16.9. The molecular weight excluding hydrogens is 386 g/mol. The van der Waals surface area contributed by atoms with E-state index in [1.807, 2.05) is 54.6 Å². The second kappa shape index (κ2) is 10.5. The molecule has 0 aliphatic carbocycles. The van der Waals surface area contributed by atoms with E-state index in [1.54, 1.807) is 0 Å². The minimum Gasteiger partial charge on any atom is -0.494 e. The summed E-state index contributed by atoms with van der Waals surface area (Å²) < 4.78 is 11.6. The zero-order chi connectivity index (χ0) is 17.9. The normalized spacial score (nSPS) is 10.1. The van der Waals surface area contributed by atoms with E-state index in [1.165, 1.54) is 0 Å². The average Bonchev–Trinajstić information content (AvgIpc) is 2.64. The summed E-state index contributed by atoms with van der Waals surface area (Å²) in [7, 11) is 0. The van der Waals surface area contributed by atoms with Gasteiger partial charge in [-0.2, -0.15) is 0 Å². The molecule has 0 spiro atoms. The first-order valence-electron chi connectivity index (χ1n) is 7.98. The summed E-state index contributed by atoms with van der Waals surface area (Å²) in [6.07, 6.45) is 0.865. The summed E-state index contributed by atoms with van der Waals surface area (Å²) in [4.78, 5) is 23.3. The highest BCUT2D eigenvalue weighted by molar-refractivity contribution is 9.10. The molecule has 2 rings (SSSR count). The van der Waals surface area contributed by atoms with Crippen LogP contribution in [-0.2, 0) is 20.9 Å². The molecule has 0 atom stereocenters. The molecule has 25 heavy (non-hydrogen) atoms. The Hall–Kier alpha value is -2.34. The SMILES string of the molecule is O=C(CCCOc1ccc(Br)cc1)NCC(=O)OCc1ccccc1. The Labute approximate surface area is 155 Å². The maximum atomic E-state index is 11.7. The maximum Gasteiger partial charge on any atom is 0.325 e. The Bertz CT molecular complexity index is 674. The third kappa shape index (κ3) is 7.85. The molecule has 1 N–H and O–H groups in total. The molecule has 0 aliphatic rings. The standard InChI is InChI=1S/C19H20BrNO4/c20-16-8-10-17(11-9-16)24-12-4-7-18(22)21-13-19(23)25-14-15-5-2-1-3-6-15/h1-3,5-6,8-11H,4,7,12-14H2,(H,21,22). The lowest BCUT2D eigenvalue weighted by Gasteiger charge is -2.08. The van der Waals surface area contributed by atoms with Crippen LogP contribution in [-0.4, -0.2) is 25.0 Å². The monoisotopic (exact) mass is 405 g/mol. The smallest absolute Gasteiger partial charge is 0.325 e. The second-order valence-corrected chi connectivity index (χ2v) is 6.24. The Balaban J connectivity index is 1.54. The van der Waals surface area contributed by atoms with E-state index >= 15 is 0 Å². The minimum atomic E-state index is -0.455. The molecule has 1 amide bonds. The Morgan fingerprint density at radius 2 is 1.72 bits per heavy atom. The van der Waals surface area contributed by atoms with Crippen molar-refractivity contribution in [2.45, 2.75) is 19.4 Å². The van der Waals surface area contributed by atoms with Gasteiger partial charge in [-0.3, -0.25) is 9.59 Å². The molecule has 0 radical (unpaired) electrons. The molecule has 0 heterocycles. The molecule has 0 bridgehead atoms. The van der Waals surface area contributed by atoms with Crippen molar-refractivity contribution in [1.82, 2.24) is 5.32 Å². The van der Waals surface area contributed by atoms with Crippen LogP contribution in [0.2, 0.25) is 0 Å². The highest BCUT2D eigenvalue weighted by Crippen LogP contribution is 2.16. The molecule has 0 aromatic heterocycles. The molecule has 0 fully saturated rings. The number of hydrogen-bond donors (Lipinski definition) is 1. The fraction of sp³-hybridized carbons (Fsp3) is 0.263. The van der Waals surface area contributed by atoms with Crippen molar-refractivity contribution in [3.05, 3.63) is 64.6 Å². The van der Waals surface area contributed by atoms with Crippen LogP contribution in [0.1, 0.15) is 18.4 Å². The van der Waals surface area contributed by atoms with Crippen molar-refractivity contribution in [2.75, 3.05) is 13.2 Å². The van der Waals surface area contributed by atoms with Gasteiger partial charge in [-0.1, -0.05) is 46.3 Å². The molecule has 5 nitrogen and oxygen atoms in total. The first-order valence-corrected chi connectivity index (χ1v) is 8.77. The van der Waals surface area contributed by atoms with Crippen LogP contribution < -0.4 is 10.1 Å². The highest BCUT2D eigenvalue weighted by Gasteiger charge is 2.07. The van der Waals surface area contributed by atoms with E-state index in [-0.39, 0.29) is 19.1 Å². The third-order valence-corrected chi connectivity index (χ3v) is 3.83. The number of halogens is 1. The zero-order valence-electron chi connectivity index (χ0n) is 13.7. The minimum absolute atomic E-state index is 0.126. The van der Waals surface area contributed by atoms with Gasteiger partial charge in [-0.25, -0.2) is 0 Å². The van der Waals surface area contributed by atoms with Gasteiger partial charge in [0.05, 0.1) is 6.61 Å². The van der Waals surface area contributed by atoms with Crippen LogP contribution >= 0.6 is 15.9 Å². The Kier molecular flexibility index (Phi) is 7.98. The fourth-order valence-electron chi connectivity index (χ4n) is 2.00. The number of esters is 1. The Morgan fingerprint density at radius 3 is 2.44 bits per heavy atom. The van der Waals surface area contributed by atoms with Crippen molar-refractivity contribution >= 4 is 27.8 Å². The maximum absolute atomic E-state index is 11.7. The van der Waals surface area contributed by atoms with E-state index in [2.05, 4.69) is 21.2 Å². The molecule has 0 saturated heterocycles. The topological polar surface area (TPSA) is 64.6 Å². The van der Waals surface area contributed by atoms with Crippen LogP contribution in [0, 0.1) is 0 Å². The van der Waals surface area contributed by atoms with Gasteiger partial charge in [-0.05, 0) is 36.2 Å². The van der Waals surface area contributed by atoms with Gasteiger partial charge in [0.2, 0.25) is 5.91 Å². The highest BCUT2D eigenvalue weighted by atomic mass is 79.9. The van der Waals surface area contributed by atoms with E-state index in [0.717, 1.165) is 15.8 Å². The summed E-state index contributed by atoms with van der Waals surface area (Å²) >= 11 is 3.35. The van der Waals surface area contributed by atoms with Crippen LogP contribution in [0.15, 0.2) is 59.1 Å². The van der Waals surface area contributed by atoms with Gasteiger partial charge < -0.3 is 14.8 Å². The van der Waals surface area contributed by atoms with Crippen molar-refractivity contribution in [3.63, 3.8) is 0 Å². The van der Waals surface area contributed by atoms with Gasteiger partial charge in [0.25, 0.3) is 0 Å². The number of ether oxygens (including phenoxy) is 2. The van der Waals surface area contributed by atoms with Gasteiger partial charge in [0.15, 0.2) is 0 Å². The second-order valence-electron chi connectivity index (χ2n) is 5.33. The van der Waals surface area contributed by atoms with Crippen LogP contribution in [0.25, 0.3) is 0 Å². The number of benzene rings is 2. The zero-order valence-corrected chi connectivity index (χ0v) is 15.3. The molecular formula is C19H20BrNO4. The largest absolute Gasteiger partial charge is 0.494 e. The lowest BCUT2D eigenvalue weighted by Crippen LogP contribution is -2.30. The van der Waals surface area contributed by atoms with Gasteiger partial charge >= 0.3 is 5.97 Å². The van der Waals surface area contributed by atoms with Crippen molar-refractivity contribution < 1.29 is 19.1 Å². The molecule has 0 unspecified atom stereocenters. The first kappa shape index (κ1) is 19.0. The summed E-state index contributed by atoms with van der Waals surface area (Å²) in [5.74, 6) is 0.104. The summed E-state index contributed by atoms with van der Waals surface area (Å²) in [6.45, 7) is 0.517. The molecule has 2 aromatic carbocycles. The lowest BCUT2D eigenvalue weighted by molar-refractivity contribution is -0.145. The van der Waals surface area contributed by atoms with E-state index in [9.17, 15) is 9.59 Å². The number of carbonyl (C=O) groups is 2. The predicted molar refractivity (Wildman–Crippen MR) is 98.1 cm³/mol. The van der Waals surface area contributed by atoms with Gasteiger partial charge in [0.1, 0.15) is 18.9 Å². The predicted octanol–water partition coefficient (Wildman–Crippen LogP) is 3.47. The van der Waals surface area contributed by atoms with Crippen LogP contribution in [0.5, 0.6) is 5.75 Å². The quantitative estimate of drug-likeness (QED) is 0.512. The van der Waals surface area contributed by atoms with Crippen LogP contribution in [0.3, 0.4) is 0 Å². The number of rotatable bonds is 9. The molecule has 6 heteroatoms. The van der Waals surface area contributed by atoms with E-state index in [0.29, 0.717) is 19.4 Å². The molecule has 132 valence electrons. The van der Waals surface area contributed by atoms with Gasteiger partial charge in [0, 0.05) is 10.9 Å². The third-order valence-electron chi connectivity index (χ3n) is 3.30. The van der Waals surface area contributed by atoms with Crippen molar-refractivity contribution in [2.24, 2.45) is 0 Å². The summed E-state index contributed by atoms with van der Waals surface area (Å²) in [5, 5.41) is 2.55. The lowest BCUT2D eigenvalue weighted by atomic mass is 10.2. The molecule has 2 aromatic rings.